The second-order valence-electron chi connectivity index (χ2n) is 3.57. The fourth-order valence-electron chi connectivity index (χ4n) is 1.50. The van der Waals surface area contributed by atoms with Gasteiger partial charge >= 0.3 is 0 Å². The maximum atomic E-state index is 13.1. The highest BCUT2D eigenvalue weighted by atomic mass is 79.9. The number of hydrogen-bond acceptors (Lipinski definition) is 3. The van der Waals surface area contributed by atoms with Crippen molar-refractivity contribution in [1.29, 1.82) is 0 Å². The van der Waals surface area contributed by atoms with Gasteiger partial charge in [-0.1, -0.05) is 0 Å². The van der Waals surface area contributed by atoms with Crippen molar-refractivity contribution < 1.29 is 4.39 Å². The lowest BCUT2D eigenvalue weighted by atomic mass is 10.2. The largest absolute Gasteiger partial charge is 0.399 e. The molecule has 0 bridgehead atoms. The van der Waals surface area contributed by atoms with Gasteiger partial charge in [0.15, 0.2) is 0 Å². The summed E-state index contributed by atoms with van der Waals surface area (Å²) in [6.45, 7) is 0.229. The van der Waals surface area contributed by atoms with Gasteiger partial charge in [0.05, 0.1) is 12.9 Å². The van der Waals surface area contributed by atoms with Crippen molar-refractivity contribution in [1.82, 2.24) is 9.55 Å². The Hall–Kier alpha value is -1.69. The van der Waals surface area contributed by atoms with Crippen LogP contribution in [0.4, 0.5) is 10.1 Å². The number of halogens is 2. The molecule has 0 saturated carbocycles. The van der Waals surface area contributed by atoms with E-state index in [0.717, 1.165) is 0 Å². The van der Waals surface area contributed by atoms with Crippen LogP contribution < -0.4 is 11.3 Å². The van der Waals surface area contributed by atoms with E-state index >= 15 is 0 Å². The van der Waals surface area contributed by atoms with Crippen LogP contribution in [0.5, 0.6) is 0 Å². The lowest BCUT2D eigenvalue weighted by Crippen LogP contribution is -2.21. The van der Waals surface area contributed by atoms with E-state index in [1.165, 1.54) is 29.2 Å². The third kappa shape index (κ3) is 2.71. The first-order valence-electron chi connectivity index (χ1n) is 4.81. The topological polar surface area (TPSA) is 60.9 Å². The Balaban J connectivity index is 2.38. The molecule has 0 aliphatic carbocycles. The van der Waals surface area contributed by atoms with E-state index in [4.69, 9.17) is 5.73 Å². The third-order valence-electron chi connectivity index (χ3n) is 2.19. The summed E-state index contributed by atoms with van der Waals surface area (Å²) in [6, 6.07) is 4.19. The summed E-state index contributed by atoms with van der Waals surface area (Å²) in [7, 11) is 0. The Labute approximate surface area is 105 Å². The highest BCUT2D eigenvalue weighted by Gasteiger charge is 2.04. The van der Waals surface area contributed by atoms with Gasteiger partial charge in [-0.2, -0.15) is 0 Å². The Bertz CT molecular complexity index is 592. The Kier molecular flexibility index (Phi) is 3.23. The van der Waals surface area contributed by atoms with E-state index < -0.39 is 5.82 Å². The first kappa shape index (κ1) is 11.8. The number of hydrogen-bond donors (Lipinski definition) is 1. The normalized spacial score (nSPS) is 10.5. The van der Waals surface area contributed by atoms with Crippen molar-refractivity contribution in [3.63, 3.8) is 0 Å². The molecule has 1 heterocycles. The summed E-state index contributed by atoms with van der Waals surface area (Å²) >= 11 is 3.09. The van der Waals surface area contributed by atoms with Crippen molar-refractivity contribution in [2.24, 2.45) is 0 Å². The average Bonchev–Trinajstić information content (AvgIpc) is 2.23. The molecule has 0 radical (unpaired) electrons. The van der Waals surface area contributed by atoms with Gasteiger partial charge in [0.2, 0.25) is 0 Å². The van der Waals surface area contributed by atoms with Gasteiger partial charge < -0.3 is 5.73 Å². The van der Waals surface area contributed by atoms with E-state index in [1.54, 1.807) is 6.07 Å². The number of benzene rings is 1. The van der Waals surface area contributed by atoms with E-state index in [1.807, 2.05) is 0 Å². The summed E-state index contributed by atoms with van der Waals surface area (Å²) in [6.07, 6.45) is 2.81. The van der Waals surface area contributed by atoms with Crippen LogP contribution >= 0.6 is 15.9 Å². The van der Waals surface area contributed by atoms with Crippen LogP contribution in [-0.4, -0.2) is 9.55 Å². The predicted molar refractivity (Wildman–Crippen MR) is 66.1 cm³/mol. The second kappa shape index (κ2) is 4.67. The van der Waals surface area contributed by atoms with Gasteiger partial charge in [-0.15, -0.1) is 0 Å². The van der Waals surface area contributed by atoms with E-state index in [0.29, 0.717) is 15.7 Å². The quantitative estimate of drug-likeness (QED) is 0.860. The minimum atomic E-state index is -0.420. The molecule has 0 saturated heterocycles. The molecule has 2 N–H and O–H groups in total. The van der Waals surface area contributed by atoms with Crippen molar-refractivity contribution in [3.05, 3.63) is 56.9 Å². The third-order valence-corrected chi connectivity index (χ3v) is 2.74. The maximum Gasteiger partial charge on any atom is 0.267 e. The molecule has 6 heteroatoms. The number of rotatable bonds is 2. The van der Waals surface area contributed by atoms with E-state index in [-0.39, 0.29) is 12.1 Å². The summed E-state index contributed by atoms with van der Waals surface area (Å²) in [4.78, 5) is 15.6. The molecule has 1 aromatic carbocycles. The molecule has 4 nitrogen and oxygen atoms in total. The minimum absolute atomic E-state index is 0.220. The molecular formula is C11H9BrFN3O. The first-order chi connectivity index (χ1) is 8.06. The Morgan fingerprint density at radius 3 is 2.88 bits per heavy atom. The fraction of sp³-hybridized carbons (Fsp3) is 0.0909. The van der Waals surface area contributed by atoms with Crippen LogP contribution in [0.25, 0.3) is 0 Å². The summed E-state index contributed by atoms with van der Waals surface area (Å²) in [5, 5.41) is 0. The molecule has 0 fully saturated rings. The monoisotopic (exact) mass is 297 g/mol. The van der Waals surface area contributed by atoms with Crippen molar-refractivity contribution >= 4 is 21.6 Å². The van der Waals surface area contributed by atoms with Crippen LogP contribution in [0.2, 0.25) is 0 Å². The lowest BCUT2D eigenvalue weighted by Gasteiger charge is -2.06. The Morgan fingerprint density at radius 1 is 1.41 bits per heavy atom. The molecule has 0 atom stereocenters. The molecule has 88 valence electrons. The number of nitrogens with two attached hydrogens (primary N) is 1. The molecule has 0 aliphatic rings. The SMILES string of the molecule is Nc1cc(F)cc(Cn2cncc(Br)c2=O)c1. The standard InChI is InChI=1S/C11H9BrFN3O/c12-10-4-15-6-16(11(10)17)5-7-1-8(13)3-9(14)2-7/h1-4,6H,5,14H2. The summed E-state index contributed by atoms with van der Waals surface area (Å²) in [5.41, 5.74) is 6.25. The van der Waals surface area contributed by atoms with Crippen LogP contribution in [0.15, 0.2) is 40.0 Å². The van der Waals surface area contributed by atoms with Gasteiger partial charge in [-0.3, -0.25) is 9.36 Å². The second-order valence-corrected chi connectivity index (χ2v) is 4.42. The van der Waals surface area contributed by atoms with Gasteiger partial charge in [0.1, 0.15) is 10.3 Å². The Morgan fingerprint density at radius 2 is 2.18 bits per heavy atom. The van der Waals surface area contributed by atoms with Crippen LogP contribution in [0, 0.1) is 5.82 Å². The fourth-order valence-corrected chi connectivity index (χ4v) is 1.85. The zero-order valence-electron chi connectivity index (χ0n) is 8.73. The molecule has 17 heavy (non-hydrogen) atoms. The predicted octanol–water partition coefficient (Wildman–Crippen LogP) is 1.78. The number of aromatic nitrogens is 2. The lowest BCUT2D eigenvalue weighted by molar-refractivity contribution is 0.623. The van der Waals surface area contributed by atoms with E-state index in [9.17, 15) is 9.18 Å². The van der Waals surface area contributed by atoms with Crippen molar-refractivity contribution in [2.75, 3.05) is 5.73 Å². The van der Waals surface area contributed by atoms with Gasteiger partial charge in [0, 0.05) is 11.9 Å². The maximum absolute atomic E-state index is 13.1. The molecular weight excluding hydrogens is 289 g/mol. The van der Waals surface area contributed by atoms with Crippen LogP contribution in [0.1, 0.15) is 5.56 Å². The molecule has 0 amide bonds. The molecule has 0 unspecified atom stereocenters. The molecule has 0 spiro atoms. The summed E-state index contributed by atoms with van der Waals surface area (Å²) in [5.74, 6) is -0.420. The molecule has 0 aliphatic heterocycles. The molecule has 2 rings (SSSR count). The number of anilines is 1. The highest BCUT2D eigenvalue weighted by Crippen LogP contribution is 2.11. The highest BCUT2D eigenvalue weighted by molar-refractivity contribution is 9.10. The van der Waals surface area contributed by atoms with Gasteiger partial charge in [-0.25, -0.2) is 9.37 Å². The van der Waals surface area contributed by atoms with Gasteiger partial charge in [-0.05, 0) is 39.7 Å². The van der Waals surface area contributed by atoms with Crippen LogP contribution in [0.3, 0.4) is 0 Å². The number of nitrogens with zero attached hydrogens (tertiary/aromatic N) is 2. The van der Waals surface area contributed by atoms with Crippen molar-refractivity contribution in [3.8, 4) is 0 Å². The van der Waals surface area contributed by atoms with Crippen LogP contribution in [-0.2, 0) is 6.54 Å². The van der Waals surface area contributed by atoms with E-state index in [2.05, 4.69) is 20.9 Å². The molecule has 2 aromatic rings. The van der Waals surface area contributed by atoms with Gasteiger partial charge in [0.25, 0.3) is 5.56 Å². The zero-order valence-corrected chi connectivity index (χ0v) is 10.3. The summed E-state index contributed by atoms with van der Waals surface area (Å²) < 4.78 is 14.9. The number of nitrogen functional groups attached to an aromatic ring is 1. The molecule has 1 aromatic heterocycles. The zero-order chi connectivity index (χ0) is 12.4. The minimum Gasteiger partial charge on any atom is -0.399 e. The first-order valence-corrected chi connectivity index (χ1v) is 5.60. The van der Waals surface area contributed by atoms with Crippen molar-refractivity contribution in [2.45, 2.75) is 6.54 Å². The smallest absolute Gasteiger partial charge is 0.267 e. The average molecular weight is 298 g/mol.